The average molecular weight is 450 g/mol. The van der Waals surface area contributed by atoms with E-state index in [0.29, 0.717) is 19.0 Å². The number of nitrogens with zero attached hydrogens (tertiary/aromatic N) is 4. The lowest BCUT2D eigenvalue weighted by Crippen LogP contribution is -2.41. The van der Waals surface area contributed by atoms with Crippen LogP contribution in [-0.2, 0) is 20.8 Å². The molecular formula is C23H31BN4O3Si. The topological polar surface area (TPSA) is 82.2 Å². The second-order valence-corrected chi connectivity index (χ2v) is 16.3. The van der Waals surface area contributed by atoms with E-state index in [0.717, 1.165) is 33.4 Å². The molecule has 9 heteroatoms. The van der Waals surface area contributed by atoms with E-state index in [2.05, 4.69) is 30.7 Å². The summed E-state index contributed by atoms with van der Waals surface area (Å²) in [5.41, 5.74) is 2.06. The van der Waals surface area contributed by atoms with E-state index in [1.165, 1.54) is 0 Å². The lowest BCUT2D eigenvalue weighted by molar-refractivity contribution is 0.00578. The maximum absolute atomic E-state index is 9.37. The summed E-state index contributed by atoms with van der Waals surface area (Å²) in [6, 6.07) is 7.09. The number of ether oxygens (including phenoxy) is 1. The Bertz CT molecular complexity index is 1190. The molecule has 0 saturated carbocycles. The van der Waals surface area contributed by atoms with Crippen molar-refractivity contribution in [2.45, 2.75) is 71.3 Å². The quantitative estimate of drug-likeness (QED) is 0.416. The molecule has 0 aliphatic carbocycles. The van der Waals surface area contributed by atoms with Gasteiger partial charge in [0, 0.05) is 37.1 Å². The first-order valence-electron chi connectivity index (χ1n) is 11.0. The average Bonchev–Trinajstić information content (AvgIpc) is 3.13. The minimum absolute atomic E-state index is 0.372. The minimum atomic E-state index is -1.17. The molecule has 0 radical (unpaired) electrons. The third-order valence-corrected chi connectivity index (χ3v) is 8.17. The highest BCUT2D eigenvalue weighted by Gasteiger charge is 2.51. The Kier molecular flexibility index (Phi) is 5.70. The monoisotopic (exact) mass is 450 g/mol. The minimum Gasteiger partial charge on any atom is -0.399 e. The molecule has 7 nitrogen and oxygen atoms in total. The molecule has 4 rings (SSSR count). The summed E-state index contributed by atoms with van der Waals surface area (Å²) in [7, 11) is -1.67. The molecule has 168 valence electrons. The van der Waals surface area contributed by atoms with Crippen LogP contribution in [0.4, 0.5) is 0 Å². The smallest absolute Gasteiger partial charge is 0.399 e. The normalized spacial score (nSPS) is 17.9. The van der Waals surface area contributed by atoms with Crippen LogP contribution in [-0.4, -0.2) is 47.5 Å². The summed E-state index contributed by atoms with van der Waals surface area (Å²) in [6.07, 6.45) is 3.53. The number of pyridine rings is 2. The van der Waals surface area contributed by atoms with E-state index in [4.69, 9.17) is 19.0 Å². The van der Waals surface area contributed by atoms with Crippen LogP contribution in [0.25, 0.3) is 21.9 Å². The molecule has 1 aliphatic rings. The van der Waals surface area contributed by atoms with Crippen molar-refractivity contribution in [3.05, 3.63) is 30.2 Å². The predicted octanol–water partition coefficient (Wildman–Crippen LogP) is 4.07. The van der Waals surface area contributed by atoms with Crippen LogP contribution >= 0.6 is 0 Å². The molecule has 32 heavy (non-hydrogen) atoms. The molecule has 0 amide bonds. The third-order valence-electron chi connectivity index (χ3n) is 6.46. The maximum Gasteiger partial charge on any atom is 0.496 e. The van der Waals surface area contributed by atoms with Crippen molar-refractivity contribution >= 4 is 42.6 Å². The van der Waals surface area contributed by atoms with Crippen molar-refractivity contribution in [1.82, 2.24) is 14.5 Å². The number of aromatic nitrogens is 3. The first kappa shape index (κ1) is 22.9. The molecule has 0 atom stereocenters. The largest absolute Gasteiger partial charge is 0.496 e. The van der Waals surface area contributed by atoms with E-state index in [-0.39, 0.29) is 0 Å². The fourth-order valence-corrected chi connectivity index (χ4v) is 4.47. The van der Waals surface area contributed by atoms with Gasteiger partial charge in [0.05, 0.1) is 22.9 Å². The molecule has 0 spiro atoms. The third kappa shape index (κ3) is 4.20. The lowest BCUT2D eigenvalue weighted by Gasteiger charge is -2.32. The van der Waals surface area contributed by atoms with Gasteiger partial charge < -0.3 is 14.0 Å². The van der Waals surface area contributed by atoms with Crippen LogP contribution in [0.3, 0.4) is 0 Å². The molecule has 0 aromatic carbocycles. The molecule has 0 N–H and O–H groups in total. The Morgan fingerprint density at radius 1 is 1.06 bits per heavy atom. The van der Waals surface area contributed by atoms with Gasteiger partial charge in [0.1, 0.15) is 24.1 Å². The van der Waals surface area contributed by atoms with Crippen molar-refractivity contribution in [2.24, 2.45) is 0 Å². The van der Waals surface area contributed by atoms with Crippen molar-refractivity contribution in [3.8, 4) is 6.07 Å². The number of rotatable bonds is 6. The second-order valence-electron chi connectivity index (χ2n) is 10.7. The SMILES string of the molecule is CC1(C)OB(c2cnc3c(c2)c2cc(C#N)ncc2n3COCC[Si](C)(C)C)OC1(C)C. The van der Waals surface area contributed by atoms with E-state index in [1.54, 1.807) is 12.4 Å². The Labute approximate surface area is 190 Å². The molecule has 3 aromatic heterocycles. The van der Waals surface area contributed by atoms with E-state index in [9.17, 15) is 5.26 Å². The van der Waals surface area contributed by atoms with Crippen LogP contribution in [0.5, 0.6) is 0 Å². The second kappa shape index (κ2) is 7.96. The molecule has 1 aliphatic heterocycles. The number of hydrogen-bond acceptors (Lipinski definition) is 6. The fraction of sp³-hybridized carbons (Fsp3) is 0.522. The first-order valence-corrected chi connectivity index (χ1v) is 14.7. The van der Waals surface area contributed by atoms with Crippen LogP contribution in [0.15, 0.2) is 24.5 Å². The Morgan fingerprint density at radius 3 is 2.38 bits per heavy atom. The molecule has 4 heterocycles. The molecule has 3 aromatic rings. The molecule has 1 saturated heterocycles. The summed E-state index contributed by atoms with van der Waals surface area (Å²) < 4.78 is 20.5. The Balaban J connectivity index is 1.74. The number of nitriles is 1. The highest BCUT2D eigenvalue weighted by molar-refractivity contribution is 6.76. The van der Waals surface area contributed by atoms with Crippen molar-refractivity contribution in [2.75, 3.05) is 6.61 Å². The zero-order chi connectivity index (χ0) is 23.3. The van der Waals surface area contributed by atoms with Gasteiger partial charge in [-0.2, -0.15) is 5.26 Å². The molecule has 0 bridgehead atoms. The van der Waals surface area contributed by atoms with Crippen molar-refractivity contribution in [1.29, 1.82) is 5.26 Å². The van der Waals surface area contributed by atoms with Gasteiger partial charge in [-0.25, -0.2) is 9.97 Å². The summed E-state index contributed by atoms with van der Waals surface area (Å²) in [5.74, 6) is 0. The molecular weight excluding hydrogens is 419 g/mol. The number of hydrogen-bond donors (Lipinski definition) is 0. The van der Waals surface area contributed by atoms with Gasteiger partial charge >= 0.3 is 7.12 Å². The predicted molar refractivity (Wildman–Crippen MR) is 130 cm³/mol. The van der Waals surface area contributed by atoms with Gasteiger partial charge in [-0.3, -0.25) is 4.57 Å². The lowest BCUT2D eigenvalue weighted by atomic mass is 9.80. The molecule has 1 fully saturated rings. The van der Waals surface area contributed by atoms with E-state index >= 15 is 0 Å². The van der Waals surface area contributed by atoms with Gasteiger partial charge in [-0.15, -0.1) is 0 Å². The van der Waals surface area contributed by atoms with Gasteiger partial charge in [-0.1, -0.05) is 19.6 Å². The summed E-state index contributed by atoms with van der Waals surface area (Å²) >= 11 is 0. The van der Waals surface area contributed by atoms with Crippen molar-refractivity contribution < 1.29 is 14.0 Å². The first-order chi connectivity index (χ1) is 14.9. The highest BCUT2D eigenvalue weighted by atomic mass is 28.3. The zero-order valence-corrected chi connectivity index (χ0v) is 21.0. The summed E-state index contributed by atoms with van der Waals surface area (Å²) in [4.78, 5) is 9.04. The molecule has 0 unspecified atom stereocenters. The van der Waals surface area contributed by atoms with Crippen molar-refractivity contribution in [3.63, 3.8) is 0 Å². The standard InChI is InChI=1S/C23H31BN4O3Si/c1-22(2)23(3,4)31-24(30-22)16-10-19-18-11-17(12-25)26-14-20(18)28(21(19)27-13-16)15-29-8-9-32(5,6)7/h10-11,13-14H,8-9,15H2,1-7H3. The Morgan fingerprint density at radius 2 is 1.75 bits per heavy atom. The highest BCUT2D eigenvalue weighted by Crippen LogP contribution is 2.37. The van der Waals surface area contributed by atoms with Crippen LogP contribution in [0.2, 0.25) is 25.7 Å². The van der Waals surface area contributed by atoms with Gasteiger partial charge in [0.2, 0.25) is 0 Å². The number of fused-ring (bicyclic) bond motifs is 3. The zero-order valence-electron chi connectivity index (χ0n) is 20.0. The van der Waals surface area contributed by atoms with E-state index < -0.39 is 26.4 Å². The maximum atomic E-state index is 9.37. The fourth-order valence-electron chi connectivity index (χ4n) is 3.71. The summed E-state index contributed by atoms with van der Waals surface area (Å²) in [6.45, 7) is 16.3. The van der Waals surface area contributed by atoms with Crippen LogP contribution < -0.4 is 5.46 Å². The van der Waals surface area contributed by atoms with E-state index in [1.807, 2.05) is 44.4 Å². The van der Waals surface area contributed by atoms with Crippen LogP contribution in [0.1, 0.15) is 33.4 Å². The van der Waals surface area contributed by atoms with Gasteiger partial charge in [0.25, 0.3) is 0 Å². The Hall–Kier alpha value is -2.25. The summed E-state index contributed by atoms with van der Waals surface area (Å²) in [5, 5.41) is 11.2. The van der Waals surface area contributed by atoms with Crippen LogP contribution in [0, 0.1) is 11.3 Å². The van der Waals surface area contributed by atoms with Gasteiger partial charge in [-0.05, 0) is 45.9 Å². The van der Waals surface area contributed by atoms with Gasteiger partial charge in [0.15, 0.2) is 0 Å².